The van der Waals surface area contributed by atoms with Gasteiger partial charge >= 0.3 is 0 Å². The van der Waals surface area contributed by atoms with Crippen LogP contribution in [0.2, 0.25) is 0 Å². The fraction of sp³-hybridized carbons (Fsp3) is 0.167. The van der Waals surface area contributed by atoms with E-state index in [0.29, 0.717) is 11.3 Å². The smallest absolute Gasteiger partial charge is 0.159 e. The van der Waals surface area contributed by atoms with Crippen LogP contribution in [-0.4, -0.2) is 14.8 Å². The van der Waals surface area contributed by atoms with E-state index in [4.69, 9.17) is 0 Å². The fourth-order valence-corrected chi connectivity index (χ4v) is 3.62. The average molecular weight is 389 g/mol. The Morgan fingerprint density at radius 2 is 1.59 bits per heavy atom. The highest BCUT2D eigenvalue weighted by Gasteiger charge is 2.20. The molecule has 4 rings (SSSR count). The van der Waals surface area contributed by atoms with Crippen LogP contribution in [0.1, 0.15) is 17.7 Å². The molecule has 5 heteroatoms. The molecule has 0 aliphatic heterocycles. The van der Waals surface area contributed by atoms with Crippen LogP contribution in [0.3, 0.4) is 0 Å². The number of rotatable bonds is 6. The van der Waals surface area contributed by atoms with Crippen LogP contribution < -0.4 is 0 Å². The first-order valence-electron chi connectivity index (χ1n) is 9.59. The van der Waals surface area contributed by atoms with Gasteiger partial charge in [0.15, 0.2) is 11.6 Å². The molecule has 0 unspecified atom stereocenters. The summed E-state index contributed by atoms with van der Waals surface area (Å²) >= 11 is 0. The van der Waals surface area contributed by atoms with Gasteiger partial charge in [-0.2, -0.15) is 5.10 Å². The first-order valence-corrected chi connectivity index (χ1v) is 9.59. The standard InChI is InChI=1S/C24H21F2N3/c1-29-22(9-5-8-17-6-3-2-4-7-17)23(18-12-14-27-15-13-18)24(28-29)19-10-11-20(25)21(26)16-19/h2-4,6-7,10-16H,5,8-9H2,1H3. The summed E-state index contributed by atoms with van der Waals surface area (Å²) in [6.45, 7) is 0. The van der Waals surface area contributed by atoms with E-state index in [9.17, 15) is 8.78 Å². The van der Waals surface area contributed by atoms with Crippen LogP contribution in [0.5, 0.6) is 0 Å². The summed E-state index contributed by atoms with van der Waals surface area (Å²) in [5, 5.41) is 4.66. The molecular weight excluding hydrogens is 368 g/mol. The fourth-order valence-electron chi connectivity index (χ4n) is 3.62. The molecule has 2 aromatic carbocycles. The molecule has 0 saturated carbocycles. The van der Waals surface area contributed by atoms with Gasteiger partial charge in [0.05, 0.1) is 0 Å². The van der Waals surface area contributed by atoms with Gasteiger partial charge in [-0.15, -0.1) is 0 Å². The molecule has 0 saturated heterocycles. The van der Waals surface area contributed by atoms with Crippen molar-refractivity contribution in [2.45, 2.75) is 19.3 Å². The number of aromatic nitrogens is 3. The molecule has 3 nitrogen and oxygen atoms in total. The van der Waals surface area contributed by atoms with Crippen LogP contribution in [0.25, 0.3) is 22.4 Å². The largest absolute Gasteiger partial charge is 0.271 e. The highest BCUT2D eigenvalue weighted by atomic mass is 19.2. The summed E-state index contributed by atoms with van der Waals surface area (Å²) in [6, 6.07) is 18.1. The number of hydrogen-bond acceptors (Lipinski definition) is 2. The van der Waals surface area contributed by atoms with Gasteiger partial charge in [-0.3, -0.25) is 9.67 Å². The zero-order chi connectivity index (χ0) is 20.2. The van der Waals surface area contributed by atoms with Crippen molar-refractivity contribution in [3.8, 4) is 22.4 Å². The number of nitrogens with zero attached hydrogens (tertiary/aromatic N) is 3. The SMILES string of the molecule is Cn1nc(-c2ccc(F)c(F)c2)c(-c2ccncc2)c1CCCc1ccccc1. The Labute approximate surface area is 168 Å². The lowest BCUT2D eigenvalue weighted by atomic mass is 9.96. The maximum Gasteiger partial charge on any atom is 0.159 e. The van der Waals surface area contributed by atoms with E-state index in [1.54, 1.807) is 18.5 Å². The average Bonchev–Trinajstić information content (AvgIpc) is 3.08. The van der Waals surface area contributed by atoms with Gasteiger partial charge in [0.25, 0.3) is 0 Å². The quantitative estimate of drug-likeness (QED) is 0.430. The Morgan fingerprint density at radius 1 is 0.828 bits per heavy atom. The Bertz CT molecular complexity index is 1110. The summed E-state index contributed by atoms with van der Waals surface area (Å²) in [7, 11) is 1.89. The van der Waals surface area contributed by atoms with Crippen molar-refractivity contribution >= 4 is 0 Å². The lowest BCUT2D eigenvalue weighted by molar-refractivity contribution is 0.509. The molecular formula is C24H21F2N3. The Kier molecular flexibility index (Phi) is 5.47. The van der Waals surface area contributed by atoms with Crippen LogP contribution in [0.15, 0.2) is 73.1 Å². The van der Waals surface area contributed by atoms with Crippen LogP contribution >= 0.6 is 0 Å². The van der Waals surface area contributed by atoms with Crippen molar-refractivity contribution in [2.75, 3.05) is 0 Å². The van der Waals surface area contributed by atoms with Crippen molar-refractivity contribution < 1.29 is 8.78 Å². The van der Waals surface area contributed by atoms with Gasteiger partial charge in [-0.1, -0.05) is 30.3 Å². The molecule has 4 aromatic rings. The molecule has 0 bridgehead atoms. The zero-order valence-corrected chi connectivity index (χ0v) is 16.1. The van der Waals surface area contributed by atoms with Gasteiger partial charge in [-0.05, 0) is 60.7 Å². The van der Waals surface area contributed by atoms with Gasteiger partial charge in [0, 0.05) is 36.3 Å². The van der Waals surface area contributed by atoms with Crippen LogP contribution in [0.4, 0.5) is 8.78 Å². The van der Waals surface area contributed by atoms with Crippen LogP contribution in [-0.2, 0) is 19.9 Å². The molecule has 0 radical (unpaired) electrons. The third-order valence-electron chi connectivity index (χ3n) is 5.05. The Balaban J connectivity index is 1.72. The number of pyridine rings is 1. The van der Waals surface area contributed by atoms with E-state index in [-0.39, 0.29) is 0 Å². The summed E-state index contributed by atoms with van der Waals surface area (Å²) in [5.41, 5.74) is 5.46. The molecule has 0 aliphatic rings. The number of hydrogen-bond donors (Lipinski definition) is 0. The van der Waals surface area contributed by atoms with E-state index in [1.807, 2.05) is 42.1 Å². The highest BCUT2D eigenvalue weighted by molar-refractivity contribution is 5.82. The zero-order valence-electron chi connectivity index (χ0n) is 16.1. The van der Waals surface area contributed by atoms with Gasteiger partial charge in [0.1, 0.15) is 5.69 Å². The van der Waals surface area contributed by atoms with Crippen molar-refractivity contribution in [1.29, 1.82) is 0 Å². The van der Waals surface area contributed by atoms with Crippen molar-refractivity contribution in [3.05, 3.63) is 95.9 Å². The van der Waals surface area contributed by atoms with Crippen molar-refractivity contribution in [1.82, 2.24) is 14.8 Å². The molecule has 0 N–H and O–H groups in total. The summed E-state index contributed by atoms with van der Waals surface area (Å²) in [4.78, 5) is 4.10. The second-order valence-electron chi connectivity index (χ2n) is 7.00. The summed E-state index contributed by atoms with van der Waals surface area (Å²) in [5.74, 6) is -1.74. The molecule has 29 heavy (non-hydrogen) atoms. The monoisotopic (exact) mass is 389 g/mol. The normalized spacial score (nSPS) is 11.0. The minimum atomic E-state index is -0.876. The van der Waals surface area contributed by atoms with E-state index >= 15 is 0 Å². The minimum Gasteiger partial charge on any atom is -0.271 e. The number of benzene rings is 2. The minimum absolute atomic E-state index is 0.556. The highest BCUT2D eigenvalue weighted by Crippen LogP contribution is 2.35. The second kappa shape index (κ2) is 8.35. The third kappa shape index (κ3) is 4.09. The first kappa shape index (κ1) is 19.0. The maximum absolute atomic E-state index is 13.9. The Hall–Kier alpha value is -3.34. The summed E-state index contributed by atoms with van der Waals surface area (Å²) in [6.07, 6.45) is 6.19. The number of halogens is 2. The molecule has 0 spiro atoms. The predicted molar refractivity (Wildman–Crippen MR) is 110 cm³/mol. The molecule has 0 atom stereocenters. The van der Waals surface area contributed by atoms with Gasteiger partial charge < -0.3 is 0 Å². The van der Waals surface area contributed by atoms with Crippen molar-refractivity contribution in [3.63, 3.8) is 0 Å². The van der Waals surface area contributed by atoms with Gasteiger partial charge in [-0.25, -0.2) is 8.78 Å². The lowest BCUT2D eigenvalue weighted by Gasteiger charge is -2.08. The molecule has 0 amide bonds. The molecule has 146 valence electrons. The summed E-state index contributed by atoms with van der Waals surface area (Å²) < 4.78 is 29.2. The molecule has 2 aromatic heterocycles. The third-order valence-corrected chi connectivity index (χ3v) is 5.05. The Morgan fingerprint density at radius 3 is 2.31 bits per heavy atom. The second-order valence-corrected chi connectivity index (χ2v) is 7.00. The maximum atomic E-state index is 13.9. The molecule has 0 aliphatic carbocycles. The first-order chi connectivity index (χ1) is 14.1. The van der Waals surface area contributed by atoms with E-state index in [1.165, 1.54) is 11.6 Å². The lowest BCUT2D eigenvalue weighted by Crippen LogP contribution is -2.00. The molecule has 0 fully saturated rings. The van der Waals surface area contributed by atoms with E-state index < -0.39 is 11.6 Å². The van der Waals surface area contributed by atoms with E-state index in [0.717, 1.165) is 42.1 Å². The van der Waals surface area contributed by atoms with Gasteiger partial charge in [0.2, 0.25) is 0 Å². The molecule has 2 heterocycles. The van der Waals surface area contributed by atoms with Crippen molar-refractivity contribution in [2.24, 2.45) is 7.05 Å². The predicted octanol–water partition coefficient (Wildman–Crippen LogP) is 5.60. The topological polar surface area (TPSA) is 30.7 Å². The number of aryl methyl sites for hydroxylation is 2. The van der Waals surface area contributed by atoms with Crippen LogP contribution in [0, 0.1) is 11.6 Å². The van der Waals surface area contributed by atoms with E-state index in [2.05, 4.69) is 22.2 Å².